The van der Waals surface area contributed by atoms with E-state index in [4.69, 9.17) is 0 Å². The van der Waals surface area contributed by atoms with Gasteiger partial charge in [0.2, 0.25) is 0 Å². The van der Waals surface area contributed by atoms with Crippen LogP contribution in [0.2, 0.25) is 0 Å². The molecule has 0 radical (unpaired) electrons. The predicted molar refractivity (Wildman–Crippen MR) is 123 cm³/mol. The second-order valence-corrected chi connectivity index (χ2v) is 12.3. The maximum Gasteiger partial charge on any atom is 0.134 e. The van der Waals surface area contributed by atoms with Crippen molar-refractivity contribution in [2.45, 2.75) is 112 Å². The standard InChI is InChI=1S/C28H43NO/c1-19(2)7-6-8-20(3)23-9-10-24-22-12-16-28(18-29)17-21(30)11-15-27(28,5)25(22)13-14-26(23,24)4/h19-20,23-24H,6-17H2,1-5H3/t20-,23-,24?,26-,27-,28-/m1/s1. The number of nitrogens with zero attached hydrogens (tertiary/aromatic N) is 1. The van der Waals surface area contributed by atoms with Crippen LogP contribution in [0, 0.1) is 51.2 Å². The summed E-state index contributed by atoms with van der Waals surface area (Å²) in [6.07, 6.45) is 13.4. The van der Waals surface area contributed by atoms with Crippen LogP contribution >= 0.6 is 0 Å². The fraction of sp³-hybridized carbons (Fsp3) is 0.857. The van der Waals surface area contributed by atoms with Crippen LogP contribution in [-0.2, 0) is 4.79 Å². The number of fused-ring (bicyclic) bond motifs is 4. The third kappa shape index (κ3) is 3.22. The molecule has 4 rings (SSSR count). The lowest BCUT2D eigenvalue weighted by Gasteiger charge is -2.57. The van der Waals surface area contributed by atoms with Crippen LogP contribution in [0.15, 0.2) is 11.1 Å². The molecule has 0 saturated heterocycles. The van der Waals surface area contributed by atoms with Crippen LogP contribution in [0.3, 0.4) is 0 Å². The monoisotopic (exact) mass is 409 g/mol. The van der Waals surface area contributed by atoms with E-state index in [-0.39, 0.29) is 5.41 Å². The van der Waals surface area contributed by atoms with Crippen LogP contribution in [0.5, 0.6) is 0 Å². The van der Waals surface area contributed by atoms with Gasteiger partial charge in [-0.05, 0) is 74.0 Å². The Labute approximate surface area is 184 Å². The van der Waals surface area contributed by atoms with Gasteiger partial charge in [0.05, 0.1) is 11.5 Å². The van der Waals surface area contributed by atoms with E-state index in [0.29, 0.717) is 24.0 Å². The summed E-state index contributed by atoms with van der Waals surface area (Å²) in [6, 6.07) is 2.70. The summed E-state index contributed by atoms with van der Waals surface area (Å²) >= 11 is 0. The fourth-order valence-corrected chi connectivity index (χ4v) is 8.52. The highest BCUT2D eigenvalue weighted by molar-refractivity contribution is 5.81. The van der Waals surface area contributed by atoms with Crippen molar-refractivity contribution in [3.05, 3.63) is 11.1 Å². The fourth-order valence-electron chi connectivity index (χ4n) is 8.52. The van der Waals surface area contributed by atoms with E-state index in [2.05, 4.69) is 40.7 Å². The minimum Gasteiger partial charge on any atom is -0.300 e. The van der Waals surface area contributed by atoms with E-state index in [1.807, 2.05) is 0 Å². The highest BCUT2D eigenvalue weighted by atomic mass is 16.1. The molecular formula is C28H43NO. The zero-order chi connectivity index (χ0) is 21.7. The Kier molecular flexibility index (Phi) is 5.74. The second-order valence-electron chi connectivity index (χ2n) is 12.3. The van der Waals surface area contributed by atoms with Gasteiger partial charge >= 0.3 is 0 Å². The van der Waals surface area contributed by atoms with Gasteiger partial charge in [-0.25, -0.2) is 0 Å². The van der Waals surface area contributed by atoms with E-state index in [0.717, 1.165) is 42.9 Å². The van der Waals surface area contributed by atoms with Gasteiger partial charge in [0.25, 0.3) is 0 Å². The summed E-state index contributed by atoms with van der Waals surface area (Å²) in [5.74, 6) is 3.54. The van der Waals surface area contributed by atoms with E-state index in [1.165, 1.54) is 44.9 Å². The molecule has 0 aromatic heterocycles. The number of hydrogen-bond acceptors (Lipinski definition) is 2. The third-order valence-electron chi connectivity index (χ3n) is 10.4. The maximum atomic E-state index is 12.3. The van der Waals surface area contributed by atoms with Crippen LogP contribution in [0.1, 0.15) is 112 Å². The van der Waals surface area contributed by atoms with Crippen molar-refractivity contribution in [2.75, 3.05) is 0 Å². The molecule has 0 aliphatic heterocycles. The Morgan fingerprint density at radius 2 is 1.80 bits per heavy atom. The van der Waals surface area contributed by atoms with Crippen molar-refractivity contribution < 1.29 is 4.79 Å². The first-order valence-corrected chi connectivity index (χ1v) is 12.8. The van der Waals surface area contributed by atoms with Crippen LogP contribution < -0.4 is 0 Å². The number of Topliss-reactive ketones (excluding diaryl/α,β-unsaturated/α-hetero) is 1. The molecule has 2 heteroatoms. The highest BCUT2D eigenvalue weighted by Gasteiger charge is 2.61. The average Bonchev–Trinajstić information content (AvgIpc) is 3.05. The number of nitriles is 1. The van der Waals surface area contributed by atoms with Gasteiger partial charge in [0.15, 0.2) is 0 Å². The Bertz CT molecular complexity index is 772. The number of ketones is 1. The van der Waals surface area contributed by atoms with Gasteiger partial charge in [0, 0.05) is 18.3 Å². The Hall–Kier alpha value is -1.10. The zero-order valence-corrected chi connectivity index (χ0v) is 20.2. The normalized spacial score (nSPS) is 41.8. The first-order valence-electron chi connectivity index (χ1n) is 12.8. The molecule has 2 fully saturated rings. The predicted octanol–water partition coefficient (Wildman–Crippen LogP) is 7.63. The molecule has 4 aliphatic rings. The van der Waals surface area contributed by atoms with Gasteiger partial charge in [-0.2, -0.15) is 5.26 Å². The Morgan fingerprint density at radius 3 is 2.50 bits per heavy atom. The lowest BCUT2D eigenvalue weighted by molar-refractivity contribution is -0.127. The molecular weight excluding hydrogens is 366 g/mol. The topological polar surface area (TPSA) is 40.9 Å². The molecule has 0 heterocycles. The lowest BCUT2D eigenvalue weighted by Crippen LogP contribution is -2.51. The van der Waals surface area contributed by atoms with Crippen molar-refractivity contribution >= 4 is 5.78 Å². The number of hydrogen-bond donors (Lipinski definition) is 0. The van der Waals surface area contributed by atoms with Crippen LogP contribution in [0.25, 0.3) is 0 Å². The van der Waals surface area contributed by atoms with Gasteiger partial charge in [0.1, 0.15) is 5.78 Å². The summed E-state index contributed by atoms with van der Waals surface area (Å²) in [6.45, 7) is 12.2. The summed E-state index contributed by atoms with van der Waals surface area (Å²) in [7, 11) is 0. The third-order valence-corrected chi connectivity index (χ3v) is 10.4. The Morgan fingerprint density at radius 1 is 1.03 bits per heavy atom. The average molecular weight is 410 g/mol. The molecule has 166 valence electrons. The first-order chi connectivity index (χ1) is 14.2. The molecule has 0 bridgehead atoms. The molecule has 2 nitrogen and oxygen atoms in total. The van der Waals surface area contributed by atoms with Crippen LogP contribution in [-0.4, -0.2) is 5.78 Å². The van der Waals surface area contributed by atoms with Crippen LogP contribution in [0.4, 0.5) is 0 Å². The van der Waals surface area contributed by atoms with Crippen molar-refractivity contribution in [1.82, 2.24) is 0 Å². The molecule has 30 heavy (non-hydrogen) atoms. The minimum atomic E-state index is -0.433. The van der Waals surface area contributed by atoms with E-state index < -0.39 is 5.41 Å². The van der Waals surface area contributed by atoms with E-state index in [9.17, 15) is 10.1 Å². The molecule has 0 aromatic rings. The van der Waals surface area contributed by atoms with Crippen molar-refractivity contribution in [2.24, 2.45) is 39.9 Å². The maximum absolute atomic E-state index is 12.3. The van der Waals surface area contributed by atoms with Gasteiger partial charge < -0.3 is 0 Å². The van der Waals surface area contributed by atoms with Crippen molar-refractivity contribution in [3.63, 3.8) is 0 Å². The largest absolute Gasteiger partial charge is 0.300 e. The molecule has 0 N–H and O–H groups in total. The molecule has 2 saturated carbocycles. The van der Waals surface area contributed by atoms with E-state index in [1.54, 1.807) is 11.1 Å². The molecule has 6 atom stereocenters. The van der Waals surface area contributed by atoms with Gasteiger partial charge in [-0.1, -0.05) is 65.0 Å². The molecule has 0 aromatic carbocycles. The summed E-state index contributed by atoms with van der Waals surface area (Å²) < 4.78 is 0. The molecule has 4 aliphatic carbocycles. The van der Waals surface area contributed by atoms with E-state index >= 15 is 0 Å². The van der Waals surface area contributed by atoms with Crippen molar-refractivity contribution in [1.29, 1.82) is 5.26 Å². The number of carbonyl (C=O) groups excluding carboxylic acids is 1. The molecule has 0 amide bonds. The smallest absolute Gasteiger partial charge is 0.134 e. The molecule has 0 spiro atoms. The summed E-state index contributed by atoms with van der Waals surface area (Å²) in [5, 5.41) is 10.2. The number of rotatable bonds is 5. The second kappa shape index (κ2) is 7.79. The quantitative estimate of drug-likeness (QED) is 0.438. The molecule has 1 unspecified atom stereocenters. The number of allylic oxidation sites excluding steroid dienone is 2. The van der Waals surface area contributed by atoms with Gasteiger partial charge in [-0.3, -0.25) is 4.79 Å². The SMILES string of the molecule is CC(C)CCC[C@@H](C)[C@H]1CCC2C3=C(CC[C@@]21C)[C@@]1(C)CCC(=O)C[C@@]1(C#N)CC3. The summed E-state index contributed by atoms with van der Waals surface area (Å²) in [5.41, 5.74) is 3.31. The summed E-state index contributed by atoms with van der Waals surface area (Å²) in [4.78, 5) is 12.3. The Balaban J connectivity index is 1.59. The minimum absolute atomic E-state index is 0.0639. The van der Waals surface area contributed by atoms with Crippen molar-refractivity contribution in [3.8, 4) is 6.07 Å². The van der Waals surface area contributed by atoms with Gasteiger partial charge in [-0.15, -0.1) is 0 Å². The lowest BCUT2D eigenvalue weighted by atomic mass is 9.45. The number of carbonyl (C=O) groups is 1. The highest BCUT2D eigenvalue weighted by Crippen LogP contribution is 2.68. The zero-order valence-electron chi connectivity index (χ0n) is 20.2. The first kappa shape index (κ1) is 22.1.